The first kappa shape index (κ1) is 13.3. The molecule has 0 aromatic carbocycles. The van der Waals surface area contributed by atoms with Crippen LogP contribution in [0.3, 0.4) is 0 Å². The van der Waals surface area contributed by atoms with E-state index >= 15 is 0 Å². The van der Waals surface area contributed by atoms with Crippen LogP contribution in [0.1, 0.15) is 36.2 Å². The Labute approximate surface area is 111 Å². The number of aromatic nitrogens is 2. The second kappa shape index (κ2) is 5.22. The molecule has 0 radical (unpaired) electrons. The number of pyridine rings is 1. The van der Waals surface area contributed by atoms with Gasteiger partial charge in [-0.05, 0) is 31.9 Å². The van der Waals surface area contributed by atoms with Crippen molar-refractivity contribution in [3.63, 3.8) is 0 Å². The topological polar surface area (TPSA) is 63.5 Å². The van der Waals surface area contributed by atoms with Crippen molar-refractivity contribution in [2.75, 3.05) is 0 Å². The first-order valence-electron chi connectivity index (χ1n) is 6.31. The number of fused-ring (bicyclic) bond motifs is 1. The van der Waals surface area contributed by atoms with Gasteiger partial charge in [-0.1, -0.05) is 13.0 Å². The van der Waals surface area contributed by atoms with E-state index in [2.05, 4.69) is 10.3 Å². The third kappa shape index (κ3) is 2.65. The van der Waals surface area contributed by atoms with E-state index in [1.165, 1.54) is 10.6 Å². The van der Waals surface area contributed by atoms with E-state index in [0.29, 0.717) is 5.65 Å². The van der Waals surface area contributed by atoms with Crippen LogP contribution in [0.2, 0.25) is 0 Å². The molecule has 1 N–H and O–H groups in total. The van der Waals surface area contributed by atoms with E-state index in [9.17, 15) is 9.59 Å². The Morgan fingerprint density at radius 1 is 1.47 bits per heavy atom. The summed E-state index contributed by atoms with van der Waals surface area (Å²) in [5.41, 5.74) is 1.21. The molecule has 2 rings (SSSR count). The van der Waals surface area contributed by atoms with Crippen LogP contribution in [0.4, 0.5) is 0 Å². The molecule has 0 saturated carbocycles. The van der Waals surface area contributed by atoms with Crippen LogP contribution < -0.4 is 10.9 Å². The van der Waals surface area contributed by atoms with Crippen LogP contribution in [0.15, 0.2) is 29.3 Å². The number of hydrogen-bond acceptors (Lipinski definition) is 3. The molecule has 2 heterocycles. The van der Waals surface area contributed by atoms with E-state index in [1.54, 1.807) is 12.3 Å². The summed E-state index contributed by atoms with van der Waals surface area (Å²) in [6, 6.07) is 3.67. The van der Waals surface area contributed by atoms with Crippen LogP contribution in [0, 0.1) is 6.92 Å². The molecule has 0 aliphatic heterocycles. The van der Waals surface area contributed by atoms with Crippen molar-refractivity contribution < 1.29 is 4.79 Å². The van der Waals surface area contributed by atoms with Gasteiger partial charge in [0.25, 0.3) is 11.5 Å². The normalized spacial score (nSPS) is 12.4. The Kier molecular flexibility index (Phi) is 3.64. The van der Waals surface area contributed by atoms with Gasteiger partial charge in [0.2, 0.25) is 0 Å². The highest BCUT2D eigenvalue weighted by Gasteiger charge is 2.14. The van der Waals surface area contributed by atoms with Gasteiger partial charge in [0.05, 0.1) is 0 Å². The zero-order chi connectivity index (χ0) is 14.0. The van der Waals surface area contributed by atoms with Gasteiger partial charge < -0.3 is 5.32 Å². The van der Waals surface area contributed by atoms with Crippen LogP contribution in [0.25, 0.3) is 5.65 Å². The Bertz CT molecular complexity index is 676. The molecule has 1 atom stereocenters. The maximum atomic E-state index is 12.3. The van der Waals surface area contributed by atoms with Crippen molar-refractivity contribution in [1.82, 2.24) is 14.7 Å². The van der Waals surface area contributed by atoms with Crippen molar-refractivity contribution in [3.8, 4) is 0 Å². The highest BCUT2D eigenvalue weighted by atomic mass is 16.2. The predicted molar refractivity (Wildman–Crippen MR) is 73.4 cm³/mol. The van der Waals surface area contributed by atoms with E-state index in [4.69, 9.17) is 0 Å². The SMILES string of the molecule is CC[C@H](C)NC(=O)c1cnc2ccc(C)cn2c1=O. The molecule has 0 fully saturated rings. The molecule has 0 aliphatic rings. The summed E-state index contributed by atoms with van der Waals surface area (Å²) in [4.78, 5) is 28.4. The van der Waals surface area contributed by atoms with Gasteiger partial charge in [-0.2, -0.15) is 0 Å². The van der Waals surface area contributed by atoms with E-state index in [0.717, 1.165) is 12.0 Å². The number of carbonyl (C=O) groups is 1. The molecule has 2 aromatic rings. The number of hydrogen-bond donors (Lipinski definition) is 1. The molecule has 0 saturated heterocycles. The van der Waals surface area contributed by atoms with Gasteiger partial charge in [0.15, 0.2) is 0 Å². The minimum Gasteiger partial charge on any atom is -0.349 e. The number of amides is 1. The molecular formula is C14H17N3O2. The molecule has 0 bridgehead atoms. The summed E-state index contributed by atoms with van der Waals surface area (Å²) in [6.07, 6.45) is 3.84. The summed E-state index contributed by atoms with van der Waals surface area (Å²) >= 11 is 0. The van der Waals surface area contributed by atoms with Crippen molar-refractivity contribution >= 4 is 11.6 Å². The molecule has 5 heteroatoms. The fourth-order valence-corrected chi connectivity index (χ4v) is 1.74. The lowest BCUT2D eigenvalue weighted by molar-refractivity contribution is 0.0937. The number of rotatable bonds is 3. The highest BCUT2D eigenvalue weighted by Crippen LogP contribution is 2.02. The van der Waals surface area contributed by atoms with Crippen LogP contribution in [-0.2, 0) is 0 Å². The maximum absolute atomic E-state index is 12.3. The first-order chi connectivity index (χ1) is 9.02. The van der Waals surface area contributed by atoms with Crippen molar-refractivity contribution in [1.29, 1.82) is 0 Å². The fourth-order valence-electron chi connectivity index (χ4n) is 1.74. The zero-order valence-corrected chi connectivity index (χ0v) is 11.3. The fraction of sp³-hybridized carbons (Fsp3) is 0.357. The largest absolute Gasteiger partial charge is 0.349 e. The van der Waals surface area contributed by atoms with Crippen molar-refractivity contribution in [2.24, 2.45) is 0 Å². The lowest BCUT2D eigenvalue weighted by atomic mass is 10.2. The smallest absolute Gasteiger partial charge is 0.270 e. The van der Waals surface area contributed by atoms with Crippen molar-refractivity contribution in [3.05, 3.63) is 46.0 Å². The van der Waals surface area contributed by atoms with Crippen LogP contribution in [-0.4, -0.2) is 21.3 Å². The molecule has 2 aromatic heterocycles. The molecular weight excluding hydrogens is 242 g/mol. The molecule has 100 valence electrons. The molecule has 1 amide bonds. The van der Waals surface area contributed by atoms with Crippen LogP contribution in [0.5, 0.6) is 0 Å². The minimum atomic E-state index is -0.372. The van der Waals surface area contributed by atoms with Crippen LogP contribution >= 0.6 is 0 Å². The number of carbonyl (C=O) groups excluding carboxylic acids is 1. The highest BCUT2D eigenvalue weighted by molar-refractivity contribution is 5.93. The van der Waals surface area contributed by atoms with Gasteiger partial charge in [-0.25, -0.2) is 4.98 Å². The van der Waals surface area contributed by atoms with Gasteiger partial charge in [-0.3, -0.25) is 14.0 Å². The van der Waals surface area contributed by atoms with Crippen molar-refractivity contribution in [2.45, 2.75) is 33.2 Å². The quantitative estimate of drug-likeness (QED) is 0.909. The Balaban J connectivity index is 2.48. The summed E-state index contributed by atoms with van der Waals surface area (Å²) < 4.78 is 1.40. The lowest BCUT2D eigenvalue weighted by Crippen LogP contribution is -2.36. The molecule has 5 nitrogen and oxygen atoms in total. The minimum absolute atomic E-state index is 0.0325. The number of nitrogens with one attached hydrogen (secondary N) is 1. The second-order valence-corrected chi connectivity index (χ2v) is 4.69. The third-order valence-corrected chi connectivity index (χ3v) is 3.08. The van der Waals surface area contributed by atoms with E-state index < -0.39 is 0 Å². The number of aryl methyl sites for hydroxylation is 1. The molecule has 0 unspecified atom stereocenters. The van der Waals surface area contributed by atoms with E-state index in [1.807, 2.05) is 26.8 Å². The van der Waals surface area contributed by atoms with Gasteiger partial charge >= 0.3 is 0 Å². The Morgan fingerprint density at radius 3 is 2.89 bits per heavy atom. The summed E-state index contributed by atoms with van der Waals surface area (Å²) in [5.74, 6) is -0.372. The summed E-state index contributed by atoms with van der Waals surface area (Å²) in [7, 11) is 0. The van der Waals surface area contributed by atoms with Gasteiger partial charge in [-0.15, -0.1) is 0 Å². The molecule has 0 aliphatic carbocycles. The van der Waals surface area contributed by atoms with Gasteiger partial charge in [0.1, 0.15) is 11.2 Å². The lowest BCUT2D eigenvalue weighted by Gasteiger charge is -2.11. The number of nitrogens with zero attached hydrogens (tertiary/aromatic N) is 2. The molecule has 0 spiro atoms. The average Bonchev–Trinajstić information content (AvgIpc) is 2.39. The maximum Gasteiger partial charge on any atom is 0.270 e. The van der Waals surface area contributed by atoms with Gasteiger partial charge in [0, 0.05) is 18.4 Å². The summed E-state index contributed by atoms with van der Waals surface area (Å²) in [6.45, 7) is 5.76. The second-order valence-electron chi connectivity index (χ2n) is 4.69. The standard InChI is InChI=1S/C14H17N3O2/c1-4-10(3)16-13(18)11-7-15-12-6-5-9(2)8-17(12)14(11)19/h5-8,10H,4H2,1-3H3,(H,16,18)/t10-/m0/s1. The van der Waals surface area contributed by atoms with E-state index in [-0.39, 0.29) is 23.1 Å². The Morgan fingerprint density at radius 2 is 2.21 bits per heavy atom. The predicted octanol–water partition coefficient (Wildman–Crippen LogP) is 1.53. The zero-order valence-electron chi connectivity index (χ0n) is 11.3. The molecule has 19 heavy (non-hydrogen) atoms. The summed E-state index contributed by atoms with van der Waals surface area (Å²) in [5, 5.41) is 2.77. The average molecular weight is 259 g/mol. The first-order valence-corrected chi connectivity index (χ1v) is 6.31. The third-order valence-electron chi connectivity index (χ3n) is 3.08. The monoisotopic (exact) mass is 259 g/mol. The Hall–Kier alpha value is -2.17.